The minimum atomic E-state index is -0.257. The third-order valence-electron chi connectivity index (χ3n) is 3.72. The van der Waals surface area contributed by atoms with Crippen LogP contribution in [-0.4, -0.2) is 19.6 Å². The van der Waals surface area contributed by atoms with Crippen LogP contribution in [0.2, 0.25) is 0 Å². The van der Waals surface area contributed by atoms with Gasteiger partial charge in [0.05, 0.1) is 13.2 Å². The van der Waals surface area contributed by atoms with E-state index in [1.165, 1.54) is 5.56 Å². The van der Waals surface area contributed by atoms with E-state index in [1.54, 1.807) is 7.11 Å². The van der Waals surface area contributed by atoms with Crippen molar-refractivity contribution in [2.24, 2.45) is 0 Å². The Labute approximate surface area is 148 Å². The van der Waals surface area contributed by atoms with Gasteiger partial charge in [0.15, 0.2) is 11.5 Å². The lowest BCUT2D eigenvalue weighted by Crippen LogP contribution is -2.24. The van der Waals surface area contributed by atoms with Gasteiger partial charge in [-0.25, -0.2) is 0 Å². The summed E-state index contributed by atoms with van der Waals surface area (Å²) in [5.41, 5.74) is 3.33. The topological polar surface area (TPSA) is 71.3 Å². The molecule has 0 aliphatic rings. The molecular weight excluding hydrogens is 316 g/mol. The molecule has 0 saturated carbocycles. The number of methoxy groups -OCH3 is 1. The van der Waals surface area contributed by atoms with Gasteiger partial charge in [-0.3, -0.25) is 4.79 Å². The molecule has 2 aromatic carbocycles. The molecule has 1 N–H and O–H groups in total. The minimum Gasteiger partial charge on any atom is -0.493 e. The van der Waals surface area contributed by atoms with Crippen LogP contribution in [0.1, 0.15) is 23.1 Å². The van der Waals surface area contributed by atoms with Crippen LogP contribution < -0.4 is 14.8 Å². The van der Waals surface area contributed by atoms with Gasteiger partial charge in [0.1, 0.15) is 13.0 Å². The number of rotatable bonds is 8. The molecule has 0 spiro atoms. The van der Waals surface area contributed by atoms with Crippen LogP contribution >= 0.6 is 0 Å². The fraction of sp³-hybridized carbons (Fsp3) is 0.300. The number of nitrogens with zero attached hydrogens (tertiary/aromatic N) is 1. The summed E-state index contributed by atoms with van der Waals surface area (Å²) in [4.78, 5) is 11.3. The Kier molecular flexibility index (Phi) is 6.85. The smallest absolute Gasteiger partial charge is 0.234 e. The van der Waals surface area contributed by atoms with Crippen LogP contribution in [-0.2, 0) is 17.8 Å². The molecule has 2 aromatic rings. The molecule has 1 amide bonds. The van der Waals surface area contributed by atoms with Crippen molar-refractivity contribution in [2.45, 2.75) is 26.4 Å². The molecule has 0 unspecified atom stereocenters. The molecule has 0 radical (unpaired) electrons. The molecule has 0 aliphatic carbocycles. The second kappa shape index (κ2) is 9.33. The number of nitriles is 1. The van der Waals surface area contributed by atoms with Crippen molar-refractivity contribution in [1.29, 1.82) is 5.26 Å². The highest BCUT2D eigenvalue weighted by molar-refractivity contribution is 5.77. The van der Waals surface area contributed by atoms with Crippen LogP contribution in [0.15, 0.2) is 42.5 Å². The molecule has 0 heterocycles. The number of aryl methyl sites for hydroxylation is 1. The Hall–Kier alpha value is -3.00. The summed E-state index contributed by atoms with van der Waals surface area (Å²) >= 11 is 0. The fourth-order valence-electron chi connectivity index (χ4n) is 2.31. The third kappa shape index (κ3) is 5.85. The zero-order valence-corrected chi connectivity index (χ0v) is 14.5. The van der Waals surface area contributed by atoms with Gasteiger partial charge in [-0.05, 0) is 36.6 Å². The molecular formula is C20H22N2O3. The molecule has 0 aromatic heterocycles. The summed E-state index contributed by atoms with van der Waals surface area (Å²) in [6.07, 6.45) is 0.543. The maximum Gasteiger partial charge on any atom is 0.234 e. The molecule has 0 fully saturated rings. The monoisotopic (exact) mass is 338 g/mol. The minimum absolute atomic E-state index is 0.116. The Morgan fingerprint density at radius 3 is 2.52 bits per heavy atom. The van der Waals surface area contributed by atoms with E-state index in [0.717, 1.165) is 11.1 Å². The number of nitrogens with one attached hydrogen (secondary N) is 1. The Morgan fingerprint density at radius 1 is 1.12 bits per heavy atom. The van der Waals surface area contributed by atoms with Crippen molar-refractivity contribution in [2.75, 3.05) is 13.7 Å². The molecule has 5 nitrogen and oxygen atoms in total. The predicted molar refractivity (Wildman–Crippen MR) is 95.4 cm³/mol. The first-order valence-corrected chi connectivity index (χ1v) is 8.11. The fourth-order valence-corrected chi connectivity index (χ4v) is 2.31. The van der Waals surface area contributed by atoms with E-state index < -0.39 is 0 Å². The van der Waals surface area contributed by atoms with E-state index in [1.807, 2.05) is 36.4 Å². The standard InChI is InChI=1S/C20H22N2O3/c1-15-3-5-17(6-4-15)14-25-18-8-7-16(13-19(18)24-2)10-12-22-20(23)9-11-21/h3-8,13H,9-10,12,14H2,1-2H3,(H,22,23). The van der Waals surface area contributed by atoms with Crippen molar-refractivity contribution in [3.8, 4) is 17.6 Å². The Morgan fingerprint density at radius 2 is 1.84 bits per heavy atom. The zero-order valence-electron chi connectivity index (χ0n) is 14.5. The van der Waals surface area contributed by atoms with E-state index in [4.69, 9.17) is 14.7 Å². The summed E-state index contributed by atoms with van der Waals surface area (Å²) in [7, 11) is 1.60. The maximum atomic E-state index is 11.3. The number of hydrogen-bond acceptors (Lipinski definition) is 4. The van der Waals surface area contributed by atoms with Crippen LogP contribution in [0.4, 0.5) is 0 Å². The quantitative estimate of drug-likeness (QED) is 0.802. The molecule has 0 saturated heterocycles. The number of hydrogen-bond donors (Lipinski definition) is 1. The first kappa shape index (κ1) is 18.3. The molecule has 0 atom stereocenters. The van der Waals surface area contributed by atoms with Gasteiger partial charge in [-0.1, -0.05) is 35.9 Å². The first-order chi connectivity index (χ1) is 12.1. The maximum absolute atomic E-state index is 11.3. The van der Waals surface area contributed by atoms with Gasteiger partial charge in [0.2, 0.25) is 5.91 Å². The van der Waals surface area contributed by atoms with Crippen molar-refractivity contribution in [3.05, 3.63) is 59.2 Å². The van der Waals surface area contributed by atoms with Crippen molar-refractivity contribution < 1.29 is 14.3 Å². The number of carbonyl (C=O) groups is 1. The SMILES string of the molecule is COc1cc(CCNC(=O)CC#N)ccc1OCc1ccc(C)cc1. The summed E-state index contributed by atoms with van der Waals surface area (Å²) in [5, 5.41) is 11.2. The highest BCUT2D eigenvalue weighted by Crippen LogP contribution is 2.29. The second-order valence-electron chi connectivity index (χ2n) is 5.69. The van der Waals surface area contributed by atoms with Gasteiger partial charge in [-0.2, -0.15) is 5.26 Å². The van der Waals surface area contributed by atoms with Crippen LogP contribution in [0.3, 0.4) is 0 Å². The van der Waals surface area contributed by atoms with Gasteiger partial charge < -0.3 is 14.8 Å². The lowest BCUT2D eigenvalue weighted by atomic mass is 10.1. The third-order valence-corrected chi connectivity index (χ3v) is 3.72. The first-order valence-electron chi connectivity index (χ1n) is 8.11. The van der Waals surface area contributed by atoms with E-state index in [2.05, 4.69) is 24.4 Å². The largest absolute Gasteiger partial charge is 0.493 e. The highest BCUT2D eigenvalue weighted by atomic mass is 16.5. The molecule has 0 aliphatic heterocycles. The lowest BCUT2D eigenvalue weighted by molar-refractivity contribution is -0.120. The summed E-state index contributed by atoms with van der Waals surface area (Å²) < 4.78 is 11.3. The molecule has 25 heavy (non-hydrogen) atoms. The Bertz CT molecular complexity index is 749. The van der Waals surface area contributed by atoms with Crippen LogP contribution in [0, 0.1) is 18.3 Å². The summed E-state index contributed by atoms with van der Waals surface area (Å²) in [5.74, 6) is 1.08. The Balaban J connectivity index is 1.93. The zero-order chi connectivity index (χ0) is 18.1. The average Bonchev–Trinajstić information content (AvgIpc) is 2.62. The highest BCUT2D eigenvalue weighted by Gasteiger charge is 2.07. The molecule has 0 bridgehead atoms. The van der Waals surface area contributed by atoms with Gasteiger partial charge in [-0.15, -0.1) is 0 Å². The lowest BCUT2D eigenvalue weighted by Gasteiger charge is -2.12. The van der Waals surface area contributed by atoms with E-state index >= 15 is 0 Å². The number of amides is 1. The van der Waals surface area contributed by atoms with Crippen molar-refractivity contribution in [1.82, 2.24) is 5.32 Å². The predicted octanol–water partition coefficient (Wildman–Crippen LogP) is 3.16. The number of carbonyl (C=O) groups excluding carboxylic acids is 1. The van der Waals surface area contributed by atoms with Crippen molar-refractivity contribution >= 4 is 5.91 Å². The second-order valence-corrected chi connectivity index (χ2v) is 5.69. The molecule has 130 valence electrons. The van der Waals surface area contributed by atoms with Crippen molar-refractivity contribution in [3.63, 3.8) is 0 Å². The summed E-state index contributed by atoms with van der Waals surface area (Å²) in [6.45, 7) is 3.00. The van der Waals surface area contributed by atoms with E-state index in [-0.39, 0.29) is 12.3 Å². The van der Waals surface area contributed by atoms with Crippen LogP contribution in [0.5, 0.6) is 11.5 Å². The molecule has 5 heteroatoms. The number of ether oxygens (including phenoxy) is 2. The number of benzene rings is 2. The van der Waals surface area contributed by atoms with E-state index in [9.17, 15) is 4.79 Å². The average molecular weight is 338 g/mol. The van der Waals surface area contributed by atoms with Gasteiger partial charge in [0, 0.05) is 6.54 Å². The normalized spacial score (nSPS) is 9.96. The van der Waals surface area contributed by atoms with Gasteiger partial charge in [0.25, 0.3) is 0 Å². The summed E-state index contributed by atoms with van der Waals surface area (Å²) in [6, 6.07) is 15.7. The molecule has 2 rings (SSSR count). The van der Waals surface area contributed by atoms with Crippen LogP contribution in [0.25, 0.3) is 0 Å². The van der Waals surface area contributed by atoms with E-state index in [0.29, 0.717) is 31.1 Å². The van der Waals surface area contributed by atoms with Gasteiger partial charge >= 0.3 is 0 Å².